The number of carbonyl (C=O) groups excluding carboxylic acids is 2. The summed E-state index contributed by atoms with van der Waals surface area (Å²) >= 11 is 0. The van der Waals surface area contributed by atoms with Crippen molar-refractivity contribution in [2.24, 2.45) is 5.92 Å². The highest BCUT2D eigenvalue weighted by atomic mass is 16.6. The van der Waals surface area contributed by atoms with Gasteiger partial charge in [0.1, 0.15) is 12.4 Å². The van der Waals surface area contributed by atoms with Crippen LogP contribution in [0.3, 0.4) is 0 Å². The number of Topliss-reactive ketones (excluding diaryl/α,β-unsaturated/α-hetero) is 1. The van der Waals surface area contributed by atoms with Gasteiger partial charge >= 0.3 is 6.09 Å². The lowest BCUT2D eigenvalue weighted by molar-refractivity contribution is -0.137. The Hall–Kier alpha value is -2.30. The molecule has 0 radical (unpaired) electrons. The predicted octanol–water partition coefficient (Wildman–Crippen LogP) is 2.62. The van der Waals surface area contributed by atoms with Gasteiger partial charge in [-0.05, 0) is 36.8 Å². The normalized spacial score (nSPS) is 34.2. The molecule has 0 aromatic heterocycles. The number of hydrogen-bond acceptors (Lipinski definition) is 4. The van der Waals surface area contributed by atoms with Gasteiger partial charge in [-0.25, -0.2) is 4.79 Å². The van der Waals surface area contributed by atoms with Crippen molar-refractivity contribution in [2.45, 2.75) is 43.2 Å². The van der Waals surface area contributed by atoms with Gasteiger partial charge in [-0.2, -0.15) is 0 Å². The molecule has 2 heterocycles. The summed E-state index contributed by atoms with van der Waals surface area (Å²) in [5.41, 5.74) is 2.21. The van der Waals surface area contributed by atoms with Gasteiger partial charge in [0.15, 0.2) is 11.9 Å². The van der Waals surface area contributed by atoms with Gasteiger partial charge in [0, 0.05) is 30.0 Å². The van der Waals surface area contributed by atoms with Crippen LogP contribution in [-0.4, -0.2) is 42.1 Å². The molecule has 25 heavy (non-hydrogen) atoms. The number of ether oxygens (including phenoxy) is 2. The molecule has 1 spiro atoms. The van der Waals surface area contributed by atoms with E-state index in [2.05, 4.69) is 12.6 Å². The maximum Gasteiger partial charge on any atom is 0.410 e. The van der Waals surface area contributed by atoms with E-state index in [0.717, 1.165) is 25.0 Å². The molecule has 1 saturated carbocycles. The third-order valence-corrected chi connectivity index (χ3v) is 6.57. The Morgan fingerprint density at radius 3 is 3.20 bits per heavy atom. The van der Waals surface area contributed by atoms with E-state index in [0.29, 0.717) is 13.0 Å². The van der Waals surface area contributed by atoms with E-state index in [4.69, 9.17) is 9.47 Å². The smallest absolute Gasteiger partial charge is 0.410 e. The molecule has 1 aromatic carbocycles. The minimum atomic E-state index is -0.378. The van der Waals surface area contributed by atoms with E-state index in [1.807, 2.05) is 17.0 Å². The summed E-state index contributed by atoms with van der Waals surface area (Å²) in [6, 6.07) is 6.17. The number of nitrogens with zero attached hydrogens (tertiary/aromatic N) is 1. The molecule has 5 nitrogen and oxygen atoms in total. The molecule has 2 aliphatic carbocycles. The van der Waals surface area contributed by atoms with E-state index >= 15 is 0 Å². The van der Waals surface area contributed by atoms with Crippen molar-refractivity contribution in [3.63, 3.8) is 0 Å². The van der Waals surface area contributed by atoms with Gasteiger partial charge in [0.25, 0.3) is 0 Å². The Morgan fingerprint density at radius 1 is 1.48 bits per heavy atom. The maximum atomic E-state index is 12.6. The molecular formula is C20H21NO4. The fraction of sp³-hybridized carbons (Fsp3) is 0.500. The summed E-state index contributed by atoms with van der Waals surface area (Å²) in [5, 5.41) is 0. The van der Waals surface area contributed by atoms with Crippen LogP contribution in [0.2, 0.25) is 0 Å². The zero-order valence-electron chi connectivity index (χ0n) is 14.1. The summed E-state index contributed by atoms with van der Waals surface area (Å²) in [5.74, 6) is 1.35. The monoisotopic (exact) mass is 339 g/mol. The van der Waals surface area contributed by atoms with E-state index in [9.17, 15) is 9.59 Å². The van der Waals surface area contributed by atoms with Crippen LogP contribution < -0.4 is 4.74 Å². The van der Waals surface area contributed by atoms with Crippen molar-refractivity contribution >= 4 is 11.9 Å². The molecule has 1 saturated heterocycles. The van der Waals surface area contributed by atoms with Crippen molar-refractivity contribution in [1.82, 2.24) is 4.90 Å². The van der Waals surface area contributed by atoms with E-state index in [-0.39, 0.29) is 42.0 Å². The van der Waals surface area contributed by atoms with Gasteiger partial charge in [-0.1, -0.05) is 24.8 Å². The highest BCUT2D eigenvalue weighted by Gasteiger charge is 2.66. The fourth-order valence-corrected chi connectivity index (χ4v) is 5.74. The summed E-state index contributed by atoms with van der Waals surface area (Å²) in [6.07, 6.45) is 3.87. The van der Waals surface area contributed by atoms with Gasteiger partial charge in [-0.15, -0.1) is 0 Å². The zero-order valence-corrected chi connectivity index (χ0v) is 14.1. The fourth-order valence-electron chi connectivity index (χ4n) is 5.74. The minimum absolute atomic E-state index is 0.0751. The lowest BCUT2D eigenvalue weighted by atomic mass is 9.52. The number of benzene rings is 1. The second-order valence-corrected chi connectivity index (χ2v) is 7.52. The van der Waals surface area contributed by atoms with E-state index in [1.165, 1.54) is 11.1 Å². The number of amides is 1. The maximum absolute atomic E-state index is 12.6. The second-order valence-electron chi connectivity index (χ2n) is 7.52. The number of hydrogen-bond donors (Lipinski definition) is 0. The van der Waals surface area contributed by atoms with Crippen molar-refractivity contribution in [3.8, 4) is 5.75 Å². The Bertz CT molecular complexity index is 788. The van der Waals surface area contributed by atoms with Crippen LogP contribution in [0.25, 0.3) is 0 Å². The topological polar surface area (TPSA) is 55.8 Å². The van der Waals surface area contributed by atoms with Crippen LogP contribution in [0.1, 0.15) is 30.4 Å². The second kappa shape index (κ2) is 5.10. The van der Waals surface area contributed by atoms with Crippen LogP contribution in [0.4, 0.5) is 4.79 Å². The average molecular weight is 339 g/mol. The van der Waals surface area contributed by atoms with Crippen LogP contribution in [0, 0.1) is 5.92 Å². The number of piperidine rings is 1. The first kappa shape index (κ1) is 15.0. The third kappa shape index (κ3) is 1.78. The lowest BCUT2D eigenvalue weighted by Crippen LogP contribution is -2.67. The van der Waals surface area contributed by atoms with Crippen molar-refractivity contribution in [1.29, 1.82) is 0 Å². The molecule has 130 valence electrons. The molecule has 5 rings (SSSR count). The Kier molecular flexibility index (Phi) is 3.06. The Balaban J connectivity index is 1.61. The summed E-state index contributed by atoms with van der Waals surface area (Å²) in [6.45, 7) is 4.44. The number of likely N-dealkylation sites (tertiary alicyclic amines) is 1. The van der Waals surface area contributed by atoms with Crippen LogP contribution in [0.15, 0.2) is 30.9 Å². The standard InChI is InChI=1S/C20H21NO4/c1-2-10-24-19(23)21-9-8-20-13-6-7-15(22)18(20)25-16-5-3-4-12(17(16)20)11-14(13)21/h2-5,13-14,18H,1,6-11H2/t13?,14-,18+,20+/m1/s1. The van der Waals surface area contributed by atoms with Crippen LogP contribution in [-0.2, 0) is 21.4 Å². The molecule has 2 bridgehead atoms. The van der Waals surface area contributed by atoms with Crippen molar-refractivity contribution in [2.75, 3.05) is 13.2 Å². The summed E-state index contributed by atoms with van der Waals surface area (Å²) in [4.78, 5) is 27.1. The lowest BCUT2D eigenvalue weighted by Gasteiger charge is -2.57. The zero-order chi connectivity index (χ0) is 17.2. The predicted molar refractivity (Wildman–Crippen MR) is 90.6 cm³/mol. The first-order valence-electron chi connectivity index (χ1n) is 9.03. The average Bonchev–Trinajstić information content (AvgIpc) is 2.95. The van der Waals surface area contributed by atoms with Crippen molar-refractivity contribution < 1.29 is 19.1 Å². The molecular weight excluding hydrogens is 318 g/mol. The minimum Gasteiger partial charge on any atom is -0.481 e. The van der Waals surface area contributed by atoms with Crippen LogP contribution in [0.5, 0.6) is 5.75 Å². The molecule has 2 fully saturated rings. The SMILES string of the molecule is C=CCOC(=O)N1CC[C@]23c4c5cccc4O[C@H]2C(=O)CCC3[C@H]1C5. The molecule has 2 aliphatic heterocycles. The van der Waals surface area contributed by atoms with E-state index in [1.54, 1.807) is 6.08 Å². The molecule has 5 heteroatoms. The molecule has 0 N–H and O–H groups in total. The molecule has 1 amide bonds. The van der Waals surface area contributed by atoms with Gasteiger partial charge < -0.3 is 14.4 Å². The Morgan fingerprint density at radius 2 is 2.36 bits per heavy atom. The largest absolute Gasteiger partial charge is 0.481 e. The number of ketones is 1. The third-order valence-electron chi connectivity index (χ3n) is 6.57. The van der Waals surface area contributed by atoms with Gasteiger partial charge in [0.05, 0.1) is 0 Å². The molecule has 1 unspecified atom stereocenters. The molecule has 4 aliphatic rings. The molecule has 1 aromatic rings. The highest BCUT2D eigenvalue weighted by Crippen LogP contribution is 2.61. The summed E-state index contributed by atoms with van der Waals surface area (Å²) in [7, 11) is 0. The first-order valence-corrected chi connectivity index (χ1v) is 9.03. The van der Waals surface area contributed by atoms with E-state index < -0.39 is 0 Å². The number of rotatable bonds is 2. The van der Waals surface area contributed by atoms with Crippen LogP contribution >= 0.6 is 0 Å². The quantitative estimate of drug-likeness (QED) is 0.777. The van der Waals surface area contributed by atoms with Gasteiger partial charge in [-0.3, -0.25) is 4.79 Å². The molecule has 4 atom stereocenters. The summed E-state index contributed by atoms with van der Waals surface area (Å²) < 4.78 is 11.5. The van der Waals surface area contributed by atoms with Gasteiger partial charge in [0.2, 0.25) is 0 Å². The highest BCUT2D eigenvalue weighted by molar-refractivity contribution is 5.89. The number of carbonyl (C=O) groups is 2. The Labute approximate surface area is 146 Å². The van der Waals surface area contributed by atoms with Crippen molar-refractivity contribution in [3.05, 3.63) is 42.0 Å². The first-order chi connectivity index (χ1) is 12.2.